The number of pyridine rings is 1. The third kappa shape index (κ3) is 2.94. The van der Waals surface area contributed by atoms with Gasteiger partial charge in [0.15, 0.2) is 5.65 Å². The summed E-state index contributed by atoms with van der Waals surface area (Å²) < 4.78 is 7.12. The Labute approximate surface area is 145 Å². The van der Waals surface area contributed by atoms with Crippen LogP contribution in [0.25, 0.3) is 22.3 Å². The summed E-state index contributed by atoms with van der Waals surface area (Å²) in [5.74, 6) is 0.841. The first-order valence-corrected chi connectivity index (χ1v) is 7.89. The highest BCUT2D eigenvalue weighted by atomic mass is 16.5. The zero-order valence-electron chi connectivity index (χ0n) is 14.0. The van der Waals surface area contributed by atoms with Crippen molar-refractivity contribution in [2.24, 2.45) is 0 Å². The first kappa shape index (κ1) is 15.3. The lowest BCUT2D eigenvalue weighted by Gasteiger charge is -2.05. The summed E-state index contributed by atoms with van der Waals surface area (Å²) in [5, 5.41) is 5.65. The van der Waals surface area contributed by atoms with Gasteiger partial charge < -0.3 is 4.74 Å². The van der Waals surface area contributed by atoms with Crippen molar-refractivity contribution in [2.75, 3.05) is 7.11 Å². The van der Waals surface area contributed by atoms with E-state index < -0.39 is 0 Å². The van der Waals surface area contributed by atoms with E-state index in [1.54, 1.807) is 19.5 Å². The Bertz CT molecular complexity index is 1010. The summed E-state index contributed by atoms with van der Waals surface area (Å²) in [7, 11) is 1.66. The predicted molar refractivity (Wildman–Crippen MR) is 94.2 cm³/mol. The van der Waals surface area contributed by atoms with Crippen LogP contribution in [0.15, 0.2) is 48.9 Å². The van der Waals surface area contributed by atoms with E-state index in [0.717, 1.165) is 39.3 Å². The van der Waals surface area contributed by atoms with Crippen molar-refractivity contribution in [3.8, 4) is 17.0 Å². The van der Waals surface area contributed by atoms with Crippen LogP contribution in [0.2, 0.25) is 0 Å². The Morgan fingerprint density at radius 2 is 2.00 bits per heavy atom. The van der Waals surface area contributed by atoms with Gasteiger partial charge in [-0.3, -0.25) is 4.98 Å². The number of nitrogens with zero attached hydrogens (tertiary/aromatic N) is 5. The minimum atomic E-state index is 0.652. The molecule has 0 aliphatic rings. The Morgan fingerprint density at radius 3 is 2.72 bits per heavy atom. The first-order valence-electron chi connectivity index (χ1n) is 7.89. The molecule has 0 aliphatic heterocycles. The molecule has 4 rings (SSSR count). The average Bonchev–Trinajstić information content (AvgIpc) is 2.98. The average molecular weight is 330 g/mol. The molecule has 4 aromatic rings. The molecule has 25 heavy (non-hydrogen) atoms. The van der Waals surface area contributed by atoms with Gasteiger partial charge in [0.2, 0.25) is 0 Å². The molecule has 6 heteroatoms. The smallest absolute Gasteiger partial charge is 0.158 e. The standard InChI is InChI=1S/C19H16N5O/c1-13-17-9-15(18-11-20-7-8-21-18)10-22-19(17)24(23-13)12-14-3-5-16(25-2)6-4-14/h3-7,9-11H,12H2,1-2H3. The molecule has 0 N–H and O–H groups in total. The van der Waals surface area contributed by atoms with E-state index in [0.29, 0.717) is 6.54 Å². The van der Waals surface area contributed by atoms with Crippen molar-refractivity contribution in [2.45, 2.75) is 13.5 Å². The van der Waals surface area contributed by atoms with Crippen LogP contribution in [-0.4, -0.2) is 31.8 Å². The highest BCUT2D eigenvalue weighted by molar-refractivity contribution is 5.82. The number of hydrogen-bond donors (Lipinski definition) is 0. The van der Waals surface area contributed by atoms with E-state index in [4.69, 9.17) is 4.74 Å². The van der Waals surface area contributed by atoms with Crippen LogP contribution in [0.3, 0.4) is 0 Å². The van der Waals surface area contributed by atoms with Gasteiger partial charge in [0.25, 0.3) is 0 Å². The van der Waals surface area contributed by atoms with Crippen LogP contribution < -0.4 is 4.74 Å². The van der Waals surface area contributed by atoms with Crippen LogP contribution in [-0.2, 0) is 6.54 Å². The highest BCUT2D eigenvalue weighted by Crippen LogP contribution is 2.23. The number of benzene rings is 1. The maximum Gasteiger partial charge on any atom is 0.158 e. The molecule has 1 radical (unpaired) electrons. The van der Waals surface area contributed by atoms with Crippen molar-refractivity contribution in [3.63, 3.8) is 0 Å². The number of methoxy groups -OCH3 is 1. The van der Waals surface area contributed by atoms with Crippen molar-refractivity contribution in [3.05, 3.63) is 66.4 Å². The Balaban J connectivity index is 1.71. The van der Waals surface area contributed by atoms with Gasteiger partial charge in [0.05, 0.1) is 37.4 Å². The normalized spacial score (nSPS) is 11.0. The van der Waals surface area contributed by atoms with Crippen molar-refractivity contribution in [1.29, 1.82) is 0 Å². The van der Waals surface area contributed by atoms with E-state index in [2.05, 4.69) is 26.2 Å². The van der Waals surface area contributed by atoms with Crippen LogP contribution in [0.5, 0.6) is 5.75 Å². The molecule has 0 atom stereocenters. The summed E-state index contributed by atoms with van der Waals surface area (Å²) >= 11 is 0. The number of aryl methyl sites for hydroxylation is 1. The number of hydrogen-bond acceptors (Lipinski definition) is 5. The number of aromatic nitrogens is 5. The Kier molecular flexibility index (Phi) is 3.85. The number of fused-ring (bicyclic) bond motifs is 1. The molecule has 6 nitrogen and oxygen atoms in total. The van der Waals surface area contributed by atoms with Crippen LogP contribution >= 0.6 is 0 Å². The molecule has 0 amide bonds. The third-order valence-corrected chi connectivity index (χ3v) is 4.07. The van der Waals surface area contributed by atoms with Gasteiger partial charge in [-0.2, -0.15) is 5.10 Å². The van der Waals surface area contributed by atoms with Gasteiger partial charge in [0, 0.05) is 17.1 Å². The molecule has 0 unspecified atom stereocenters. The van der Waals surface area contributed by atoms with E-state index in [1.807, 2.05) is 41.9 Å². The first-order chi connectivity index (χ1) is 12.2. The lowest BCUT2D eigenvalue weighted by Crippen LogP contribution is -2.03. The highest BCUT2D eigenvalue weighted by Gasteiger charge is 2.11. The predicted octanol–water partition coefficient (Wildman–Crippen LogP) is 3.05. The van der Waals surface area contributed by atoms with Crippen molar-refractivity contribution >= 4 is 11.0 Å². The maximum absolute atomic E-state index is 5.20. The fraction of sp³-hybridized carbons (Fsp3) is 0.158. The van der Waals surface area contributed by atoms with Crippen molar-refractivity contribution in [1.82, 2.24) is 24.7 Å². The van der Waals surface area contributed by atoms with E-state index in [9.17, 15) is 0 Å². The molecule has 123 valence electrons. The molecule has 0 spiro atoms. The molecule has 0 bridgehead atoms. The maximum atomic E-state index is 5.20. The fourth-order valence-corrected chi connectivity index (χ4v) is 2.77. The number of ether oxygens (including phenoxy) is 1. The van der Waals surface area contributed by atoms with Gasteiger partial charge >= 0.3 is 0 Å². The lowest BCUT2D eigenvalue weighted by atomic mass is 10.1. The van der Waals surface area contributed by atoms with Crippen LogP contribution in [0, 0.1) is 13.1 Å². The molecular weight excluding hydrogens is 314 g/mol. The zero-order valence-corrected chi connectivity index (χ0v) is 14.0. The van der Waals surface area contributed by atoms with E-state index >= 15 is 0 Å². The van der Waals surface area contributed by atoms with E-state index in [1.165, 1.54) is 6.20 Å². The molecule has 0 aliphatic carbocycles. The summed E-state index contributed by atoms with van der Waals surface area (Å²) in [6.07, 6.45) is 7.79. The summed E-state index contributed by atoms with van der Waals surface area (Å²) in [6, 6.07) is 10.0. The minimum Gasteiger partial charge on any atom is -0.497 e. The molecule has 3 aromatic heterocycles. The van der Waals surface area contributed by atoms with Crippen LogP contribution in [0.1, 0.15) is 11.3 Å². The Morgan fingerprint density at radius 1 is 1.16 bits per heavy atom. The second-order valence-corrected chi connectivity index (χ2v) is 5.72. The molecular formula is C19H16N5O. The SMILES string of the molecule is COc1ccc(Cn2nc(C)c3cc(-c4cnc[c]n4)cnc32)cc1. The summed E-state index contributed by atoms with van der Waals surface area (Å²) in [6.45, 7) is 2.64. The van der Waals surface area contributed by atoms with Gasteiger partial charge in [-0.1, -0.05) is 12.1 Å². The molecule has 0 fully saturated rings. The molecule has 0 saturated heterocycles. The fourth-order valence-electron chi connectivity index (χ4n) is 2.77. The second kappa shape index (κ2) is 6.32. The van der Waals surface area contributed by atoms with Gasteiger partial charge in [-0.15, -0.1) is 0 Å². The molecule has 0 saturated carbocycles. The largest absolute Gasteiger partial charge is 0.497 e. The monoisotopic (exact) mass is 330 g/mol. The molecule has 3 heterocycles. The van der Waals surface area contributed by atoms with Gasteiger partial charge in [-0.05, 0) is 30.7 Å². The quantitative estimate of drug-likeness (QED) is 0.575. The van der Waals surface area contributed by atoms with Crippen molar-refractivity contribution < 1.29 is 4.74 Å². The summed E-state index contributed by atoms with van der Waals surface area (Å²) in [4.78, 5) is 12.9. The van der Waals surface area contributed by atoms with Gasteiger partial charge in [-0.25, -0.2) is 14.6 Å². The summed E-state index contributed by atoms with van der Waals surface area (Å²) in [5.41, 5.74) is 4.58. The minimum absolute atomic E-state index is 0.652. The van der Waals surface area contributed by atoms with Gasteiger partial charge in [0.1, 0.15) is 11.9 Å². The van der Waals surface area contributed by atoms with E-state index in [-0.39, 0.29) is 0 Å². The lowest BCUT2D eigenvalue weighted by molar-refractivity contribution is 0.414. The topological polar surface area (TPSA) is 65.7 Å². The Hall–Kier alpha value is -3.28. The third-order valence-electron chi connectivity index (χ3n) is 4.07. The van der Waals surface area contributed by atoms with Crippen LogP contribution in [0.4, 0.5) is 0 Å². The second-order valence-electron chi connectivity index (χ2n) is 5.72. The zero-order chi connectivity index (χ0) is 17.2. The number of rotatable bonds is 4. The molecule has 1 aromatic carbocycles.